The number of nitrogens with zero attached hydrogens (tertiary/aromatic N) is 1. The molecule has 0 aromatic heterocycles. The Morgan fingerprint density at radius 3 is 2.26 bits per heavy atom. The molecule has 1 amide bonds. The van der Waals surface area contributed by atoms with Gasteiger partial charge in [0.25, 0.3) is 5.91 Å². The summed E-state index contributed by atoms with van der Waals surface area (Å²) in [5.74, 6) is 0.174. The number of hydrogen-bond donors (Lipinski definition) is 2. The van der Waals surface area contributed by atoms with Crippen molar-refractivity contribution in [2.45, 2.75) is 0 Å². The normalized spacial score (nSPS) is 10.8. The Hall–Kier alpha value is -4.85. The molecule has 0 spiro atoms. The first kappa shape index (κ1) is 23.3. The second-order valence-corrected chi connectivity index (χ2v) is 7.40. The van der Waals surface area contributed by atoms with Crippen molar-refractivity contribution in [3.8, 4) is 23.0 Å². The van der Waals surface area contributed by atoms with Crippen LogP contribution in [0.15, 0.2) is 84.0 Å². The first-order valence-electron chi connectivity index (χ1n) is 10.6. The van der Waals surface area contributed by atoms with Crippen molar-refractivity contribution in [2.75, 3.05) is 14.2 Å². The number of methoxy groups -OCH3 is 2. The van der Waals surface area contributed by atoms with Crippen LogP contribution in [-0.2, 0) is 0 Å². The summed E-state index contributed by atoms with van der Waals surface area (Å²) < 4.78 is 16.2. The summed E-state index contributed by atoms with van der Waals surface area (Å²) in [5.41, 5.74) is 3.57. The minimum atomic E-state index is -0.594. The zero-order valence-corrected chi connectivity index (χ0v) is 19.0. The van der Waals surface area contributed by atoms with Gasteiger partial charge >= 0.3 is 5.97 Å². The molecule has 4 aromatic carbocycles. The molecule has 0 heterocycles. The lowest BCUT2D eigenvalue weighted by atomic mass is 10.0. The number of fused-ring (bicyclic) bond motifs is 1. The van der Waals surface area contributed by atoms with Crippen molar-refractivity contribution < 1.29 is 28.9 Å². The molecule has 0 atom stereocenters. The van der Waals surface area contributed by atoms with Gasteiger partial charge in [0, 0.05) is 11.1 Å². The maximum Gasteiger partial charge on any atom is 0.343 e. The van der Waals surface area contributed by atoms with E-state index in [1.54, 1.807) is 18.2 Å². The first-order valence-corrected chi connectivity index (χ1v) is 10.6. The van der Waals surface area contributed by atoms with Crippen molar-refractivity contribution >= 4 is 28.9 Å². The number of hydrogen-bond acceptors (Lipinski definition) is 7. The van der Waals surface area contributed by atoms with Gasteiger partial charge in [0.05, 0.1) is 26.0 Å². The number of carbonyl (C=O) groups excluding carboxylic acids is 2. The van der Waals surface area contributed by atoms with Crippen molar-refractivity contribution in [3.63, 3.8) is 0 Å². The molecule has 0 fully saturated rings. The summed E-state index contributed by atoms with van der Waals surface area (Å²) in [7, 11) is 2.99. The fourth-order valence-corrected chi connectivity index (χ4v) is 3.45. The second kappa shape index (κ2) is 10.4. The SMILES string of the molecule is COc1ccc(C(=O)Oc2ccc3ccccc3c2/C=N\NC(=O)c2ccc(O)cc2)cc1OC. The topological polar surface area (TPSA) is 106 Å². The number of carbonyl (C=O) groups is 2. The lowest BCUT2D eigenvalue weighted by molar-refractivity contribution is 0.0734. The third kappa shape index (κ3) is 5.22. The number of esters is 1. The lowest BCUT2D eigenvalue weighted by Crippen LogP contribution is -2.17. The van der Waals surface area contributed by atoms with Crippen LogP contribution in [0.2, 0.25) is 0 Å². The zero-order valence-electron chi connectivity index (χ0n) is 19.0. The highest BCUT2D eigenvalue weighted by molar-refractivity contribution is 6.04. The third-order valence-electron chi connectivity index (χ3n) is 5.24. The number of benzene rings is 4. The summed E-state index contributed by atoms with van der Waals surface area (Å²) in [5, 5.41) is 15.1. The quantitative estimate of drug-likeness (QED) is 0.178. The number of phenols is 1. The number of ether oxygens (including phenoxy) is 3. The predicted molar refractivity (Wildman–Crippen MR) is 132 cm³/mol. The Kier molecular flexibility index (Phi) is 6.92. The molecule has 0 aliphatic rings. The number of nitrogens with one attached hydrogen (secondary N) is 1. The number of hydrazone groups is 1. The Labute approximate surface area is 201 Å². The van der Waals surface area contributed by atoms with Crippen LogP contribution in [-0.4, -0.2) is 37.4 Å². The van der Waals surface area contributed by atoms with E-state index < -0.39 is 11.9 Å². The van der Waals surface area contributed by atoms with Gasteiger partial charge in [0.2, 0.25) is 0 Å². The van der Waals surface area contributed by atoms with Crippen LogP contribution in [0, 0.1) is 0 Å². The van der Waals surface area contributed by atoms with Crippen LogP contribution in [0.3, 0.4) is 0 Å². The molecular formula is C27H22N2O6. The molecule has 35 heavy (non-hydrogen) atoms. The van der Waals surface area contributed by atoms with Gasteiger partial charge in [-0.3, -0.25) is 4.79 Å². The highest BCUT2D eigenvalue weighted by atomic mass is 16.5. The van der Waals surface area contributed by atoms with Crippen molar-refractivity contribution in [1.82, 2.24) is 5.43 Å². The van der Waals surface area contributed by atoms with Crippen LogP contribution in [0.25, 0.3) is 10.8 Å². The number of rotatable bonds is 7. The van der Waals surface area contributed by atoms with E-state index in [1.165, 1.54) is 50.8 Å². The average molecular weight is 470 g/mol. The molecule has 0 radical (unpaired) electrons. The highest BCUT2D eigenvalue weighted by Gasteiger charge is 2.16. The summed E-state index contributed by atoms with van der Waals surface area (Å²) >= 11 is 0. The largest absolute Gasteiger partial charge is 0.508 e. The Bertz CT molecular complexity index is 1410. The van der Waals surface area contributed by atoms with Gasteiger partial charge in [-0.05, 0) is 59.3 Å². The molecule has 4 aromatic rings. The van der Waals surface area contributed by atoms with E-state index in [0.29, 0.717) is 22.6 Å². The van der Waals surface area contributed by atoms with Gasteiger partial charge < -0.3 is 19.3 Å². The molecule has 4 rings (SSSR count). The van der Waals surface area contributed by atoms with Gasteiger partial charge in [0.1, 0.15) is 11.5 Å². The van der Waals surface area contributed by atoms with E-state index in [1.807, 2.05) is 30.3 Å². The summed E-state index contributed by atoms with van der Waals surface area (Å²) in [6.07, 6.45) is 1.43. The second-order valence-electron chi connectivity index (χ2n) is 7.40. The van der Waals surface area contributed by atoms with E-state index in [4.69, 9.17) is 14.2 Å². The summed E-state index contributed by atoms with van der Waals surface area (Å²) in [6.45, 7) is 0. The van der Waals surface area contributed by atoms with Gasteiger partial charge in [-0.2, -0.15) is 5.10 Å². The van der Waals surface area contributed by atoms with Gasteiger partial charge in [-0.1, -0.05) is 30.3 Å². The molecule has 0 unspecified atom stereocenters. The van der Waals surface area contributed by atoms with Crippen molar-refractivity contribution in [2.24, 2.45) is 5.10 Å². The first-order chi connectivity index (χ1) is 17.0. The van der Waals surface area contributed by atoms with E-state index in [-0.39, 0.29) is 17.1 Å². The monoisotopic (exact) mass is 470 g/mol. The predicted octanol–water partition coefficient (Wildman–Crippen LogP) is 4.55. The molecule has 8 heteroatoms. The smallest absolute Gasteiger partial charge is 0.343 e. The summed E-state index contributed by atoms with van der Waals surface area (Å²) in [6, 6.07) is 21.6. The number of aromatic hydroxyl groups is 1. The molecule has 8 nitrogen and oxygen atoms in total. The molecular weight excluding hydrogens is 448 g/mol. The van der Waals surface area contributed by atoms with Gasteiger partial charge in [0.15, 0.2) is 11.5 Å². The lowest BCUT2D eigenvalue weighted by Gasteiger charge is -2.12. The molecule has 0 bridgehead atoms. The van der Waals surface area contributed by atoms with Crippen LogP contribution >= 0.6 is 0 Å². The molecule has 2 N–H and O–H groups in total. The maximum atomic E-state index is 12.9. The molecule has 0 saturated heterocycles. The maximum absolute atomic E-state index is 12.9. The van der Waals surface area contributed by atoms with E-state index in [2.05, 4.69) is 10.5 Å². The van der Waals surface area contributed by atoms with Crippen molar-refractivity contribution in [3.05, 3.63) is 95.6 Å². The van der Waals surface area contributed by atoms with Crippen LogP contribution in [0.1, 0.15) is 26.3 Å². The van der Waals surface area contributed by atoms with E-state index in [9.17, 15) is 14.7 Å². The minimum absolute atomic E-state index is 0.0572. The van der Waals surface area contributed by atoms with Crippen LogP contribution < -0.4 is 19.6 Å². The zero-order chi connectivity index (χ0) is 24.8. The summed E-state index contributed by atoms with van der Waals surface area (Å²) in [4.78, 5) is 25.3. The number of phenolic OH excluding ortho intramolecular Hbond substituents is 1. The van der Waals surface area contributed by atoms with Gasteiger partial charge in [-0.15, -0.1) is 0 Å². The molecule has 176 valence electrons. The van der Waals surface area contributed by atoms with Crippen LogP contribution in [0.5, 0.6) is 23.0 Å². The van der Waals surface area contributed by atoms with E-state index in [0.717, 1.165) is 10.8 Å². The van der Waals surface area contributed by atoms with E-state index >= 15 is 0 Å². The third-order valence-corrected chi connectivity index (χ3v) is 5.24. The Balaban J connectivity index is 1.62. The van der Waals surface area contributed by atoms with Gasteiger partial charge in [-0.25, -0.2) is 10.2 Å². The highest BCUT2D eigenvalue weighted by Crippen LogP contribution is 2.30. The Morgan fingerprint density at radius 2 is 1.51 bits per heavy atom. The van der Waals surface area contributed by atoms with Crippen LogP contribution in [0.4, 0.5) is 0 Å². The standard InChI is InChI=1S/C27H22N2O6/c1-33-24-14-10-19(15-25(24)34-2)27(32)35-23-13-9-17-5-3-4-6-21(17)22(23)16-28-29-26(31)18-7-11-20(30)12-8-18/h3-16,30H,1-2H3,(H,29,31)/b28-16-. The number of amides is 1. The fraction of sp³-hybridized carbons (Fsp3) is 0.0741. The average Bonchev–Trinajstić information content (AvgIpc) is 2.89. The fourth-order valence-electron chi connectivity index (χ4n) is 3.45. The van der Waals surface area contributed by atoms with Crippen molar-refractivity contribution in [1.29, 1.82) is 0 Å². The minimum Gasteiger partial charge on any atom is -0.508 e. The molecule has 0 aliphatic heterocycles. The molecule has 0 saturated carbocycles. The Morgan fingerprint density at radius 1 is 0.829 bits per heavy atom. The molecule has 0 aliphatic carbocycles.